The van der Waals surface area contributed by atoms with E-state index < -0.39 is 60.3 Å². The van der Waals surface area contributed by atoms with E-state index in [9.17, 15) is 32.9 Å². The van der Waals surface area contributed by atoms with Crippen LogP contribution in [0.4, 0.5) is 17.6 Å². The molecule has 224 valence electrons. The molecule has 1 fully saturated rings. The summed E-state index contributed by atoms with van der Waals surface area (Å²) in [4.78, 5) is 4.22. The van der Waals surface area contributed by atoms with Crippen molar-refractivity contribution in [1.82, 2.24) is 24.5 Å². The molecule has 3 heterocycles. The number of aryl methyl sites for hydroxylation is 1. The monoisotopic (exact) mass is 631 g/mol. The number of ether oxygens (including phenoxy) is 2. The van der Waals surface area contributed by atoms with E-state index in [1.807, 2.05) is 0 Å². The third kappa shape index (κ3) is 5.45. The molecule has 16 heteroatoms. The van der Waals surface area contributed by atoms with E-state index in [0.29, 0.717) is 5.56 Å². The van der Waals surface area contributed by atoms with Crippen molar-refractivity contribution in [3.8, 4) is 22.6 Å². The Morgan fingerprint density at radius 1 is 1.12 bits per heavy atom. The minimum atomic E-state index is -4.79. The number of aromatic nitrogens is 5. The van der Waals surface area contributed by atoms with E-state index in [4.69, 9.17) is 32.7 Å². The van der Waals surface area contributed by atoms with Gasteiger partial charge in [0.25, 0.3) is 0 Å². The summed E-state index contributed by atoms with van der Waals surface area (Å²) in [5, 5.41) is 40.7. The normalized spacial score (nSPS) is 22.9. The quantitative estimate of drug-likeness (QED) is 0.269. The number of rotatable bonds is 6. The average Bonchev–Trinajstić information content (AvgIpc) is 3.56. The van der Waals surface area contributed by atoms with E-state index in [1.54, 1.807) is 0 Å². The van der Waals surface area contributed by atoms with Crippen LogP contribution in [0.15, 0.2) is 42.7 Å². The van der Waals surface area contributed by atoms with Crippen molar-refractivity contribution in [3.05, 3.63) is 75.8 Å². The molecule has 0 radical (unpaired) electrons. The molecule has 1 aliphatic rings. The lowest BCUT2D eigenvalue weighted by atomic mass is 9.92. The lowest BCUT2D eigenvalue weighted by Crippen LogP contribution is -2.53. The van der Waals surface area contributed by atoms with Crippen molar-refractivity contribution in [3.63, 3.8) is 0 Å². The highest BCUT2D eigenvalue weighted by molar-refractivity contribution is 6.31. The van der Waals surface area contributed by atoms with Gasteiger partial charge in [0.15, 0.2) is 5.82 Å². The summed E-state index contributed by atoms with van der Waals surface area (Å²) in [6.07, 6.45) is -8.08. The molecule has 5 rings (SSSR count). The summed E-state index contributed by atoms with van der Waals surface area (Å²) in [6.45, 7) is 0.713. The molecular weight excluding hydrogens is 609 g/mol. The van der Waals surface area contributed by atoms with Gasteiger partial charge in [0, 0.05) is 28.4 Å². The number of nitrogens with zero attached hydrogens (tertiary/aromatic N) is 5. The van der Waals surface area contributed by atoms with Crippen LogP contribution < -0.4 is 4.74 Å². The number of benzene rings is 2. The first-order valence-electron chi connectivity index (χ1n) is 12.3. The van der Waals surface area contributed by atoms with Crippen molar-refractivity contribution >= 4 is 23.2 Å². The second kappa shape index (κ2) is 11.4. The second-order valence-corrected chi connectivity index (χ2v) is 10.4. The van der Waals surface area contributed by atoms with Gasteiger partial charge in [-0.25, -0.2) is 14.1 Å². The maximum atomic E-state index is 14.3. The minimum absolute atomic E-state index is 0.0121. The Hall–Kier alpha value is -3.27. The smallest absolute Gasteiger partial charge is 0.418 e. The first-order chi connectivity index (χ1) is 19.8. The molecule has 2 aromatic carbocycles. The van der Waals surface area contributed by atoms with Crippen molar-refractivity contribution in [2.45, 2.75) is 43.6 Å². The Morgan fingerprint density at radius 3 is 2.52 bits per heavy atom. The highest BCUT2D eigenvalue weighted by atomic mass is 35.5. The third-order valence-electron chi connectivity index (χ3n) is 6.84. The number of alkyl halides is 3. The molecule has 0 aliphatic carbocycles. The lowest BCUT2D eigenvalue weighted by Gasteiger charge is -2.42. The fourth-order valence-electron chi connectivity index (χ4n) is 4.90. The number of hydrogen-bond acceptors (Lipinski definition) is 8. The molecule has 0 amide bonds. The highest BCUT2D eigenvalue weighted by Crippen LogP contribution is 2.41. The van der Waals surface area contributed by atoms with Crippen LogP contribution in [0.1, 0.15) is 29.4 Å². The molecule has 0 bridgehead atoms. The van der Waals surface area contributed by atoms with Crippen LogP contribution in [0.25, 0.3) is 16.8 Å². The molecular formula is C26H23Cl2F4N5O5. The van der Waals surface area contributed by atoms with Gasteiger partial charge in [-0.3, -0.25) is 4.68 Å². The molecule has 1 aliphatic heterocycles. The first kappa shape index (κ1) is 30.2. The van der Waals surface area contributed by atoms with Crippen LogP contribution in [0, 0.1) is 12.7 Å². The predicted molar refractivity (Wildman–Crippen MR) is 141 cm³/mol. The van der Waals surface area contributed by atoms with Crippen molar-refractivity contribution in [1.29, 1.82) is 0 Å². The van der Waals surface area contributed by atoms with Gasteiger partial charge in [0.2, 0.25) is 0 Å². The van der Waals surface area contributed by atoms with E-state index in [1.165, 1.54) is 37.2 Å². The molecule has 2 aromatic heterocycles. The van der Waals surface area contributed by atoms with E-state index in [2.05, 4.69) is 15.2 Å². The fraction of sp³-hybridized carbons (Fsp3) is 0.346. The predicted octanol–water partition coefficient (Wildman–Crippen LogP) is 4.31. The van der Waals surface area contributed by atoms with Gasteiger partial charge in [0.1, 0.15) is 47.8 Å². The standard InChI is InChI=1S/C26H23Cl2F4N5O5/c1-11-34-25(37(35-11)18-5-13(27)3-4-15(18)26(30,31)32)24-23(40)21(22(39)20(10-38)42-24)36-9-12(8-33-36)14-6-17(29)16(28)7-19(14)41-2/h3-9,20-24,38-40H,10H2,1-2H3/t20-,21+,22+,23-,24-/m1/s1. The van der Waals surface area contributed by atoms with Gasteiger partial charge in [-0.1, -0.05) is 23.2 Å². The summed E-state index contributed by atoms with van der Waals surface area (Å²) in [6, 6.07) is 4.02. The Kier molecular flexibility index (Phi) is 8.22. The number of hydrogen-bond donors (Lipinski definition) is 3. The van der Waals surface area contributed by atoms with E-state index >= 15 is 0 Å². The van der Waals surface area contributed by atoms with Crippen LogP contribution in [-0.2, 0) is 10.9 Å². The van der Waals surface area contributed by atoms with Gasteiger partial charge in [-0.2, -0.15) is 23.4 Å². The molecule has 0 saturated carbocycles. The number of halogens is 6. The summed E-state index contributed by atoms with van der Waals surface area (Å²) in [7, 11) is 1.36. The van der Waals surface area contributed by atoms with E-state index in [0.717, 1.165) is 28.9 Å². The first-order valence-corrected chi connectivity index (χ1v) is 13.1. The minimum Gasteiger partial charge on any atom is -0.496 e. The lowest BCUT2D eigenvalue weighted by molar-refractivity contribution is -0.210. The number of aliphatic hydroxyl groups is 3. The van der Waals surface area contributed by atoms with Gasteiger partial charge < -0.3 is 24.8 Å². The van der Waals surface area contributed by atoms with Crippen molar-refractivity contribution in [2.24, 2.45) is 0 Å². The molecule has 0 spiro atoms. The van der Waals surface area contributed by atoms with Crippen LogP contribution in [0.2, 0.25) is 10.0 Å². The third-order valence-corrected chi connectivity index (χ3v) is 7.36. The fourth-order valence-corrected chi connectivity index (χ4v) is 5.22. The Balaban J connectivity index is 1.59. The SMILES string of the molecule is COc1cc(Cl)c(F)cc1-c1cnn([C@H]2[C@@H](O)[C@@H](CO)O[C@@H](c3nc(C)nn3-c3cc(Cl)ccc3C(F)(F)F)[C@@H]2O)c1. The summed E-state index contributed by atoms with van der Waals surface area (Å²) in [5.41, 5.74) is -0.937. The highest BCUT2D eigenvalue weighted by Gasteiger charge is 2.48. The van der Waals surface area contributed by atoms with Crippen LogP contribution in [0.5, 0.6) is 5.75 Å². The van der Waals surface area contributed by atoms with Crippen LogP contribution >= 0.6 is 23.2 Å². The largest absolute Gasteiger partial charge is 0.496 e. The van der Waals surface area contributed by atoms with Gasteiger partial charge >= 0.3 is 6.18 Å². The summed E-state index contributed by atoms with van der Waals surface area (Å²) in [5.74, 6) is -0.682. The molecule has 0 unspecified atom stereocenters. The van der Waals surface area contributed by atoms with E-state index in [-0.39, 0.29) is 33.0 Å². The second-order valence-electron chi connectivity index (χ2n) is 9.51. The molecule has 3 N–H and O–H groups in total. The topological polar surface area (TPSA) is 128 Å². The van der Waals surface area contributed by atoms with Crippen molar-refractivity contribution < 1.29 is 42.4 Å². The Bertz CT molecular complexity index is 1610. The van der Waals surface area contributed by atoms with Crippen LogP contribution in [-0.4, -0.2) is 71.9 Å². The number of methoxy groups -OCH3 is 1. The van der Waals surface area contributed by atoms with Gasteiger partial charge in [-0.15, -0.1) is 0 Å². The van der Waals surface area contributed by atoms with Crippen LogP contribution in [0.3, 0.4) is 0 Å². The zero-order valence-corrected chi connectivity index (χ0v) is 23.3. The molecule has 42 heavy (non-hydrogen) atoms. The van der Waals surface area contributed by atoms with Crippen molar-refractivity contribution in [2.75, 3.05) is 13.7 Å². The summed E-state index contributed by atoms with van der Waals surface area (Å²) >= 11 is 11.9. The van der Waals surface area contributed by atoms with Gasteiger partial charge in [-0.05, 0) is 31.2 Å². The Labute approximate surface area is 245 Å². The molecule has 1 saturated heterocycles. The molecule has 5 atom stereocenters. The Morgan fingerprint density at radius 2 is 1.86 bits per heavy atom. The summed E-state index contributed by atoms with van der Waals surface area (Å²) < 4.78 is 69.1. The van der Waals surface area contributed by atoms with Gasteiger partial charge in [0.05, 0.1) is 36.2 Å². The maximum Gasteiger partial charge on any atom is 0.418 e. The zero-order valence-electron chi connectivity index (χ0n) is 21.8. The number of aliphatic hydroxyl groups excluding tert-OH is 3. The maximum absolute atomic E-state index is 14.3. The zero-order chi connectivity index (χ0) is 30.5. The average molecular weight is 632 g/mol. The molecule has 10 nitrogen and oxygen atoms in total. The molecule has 4 aromatic rings.